The van der Waals surface area contributed by atoms with E-state index in [0.717, 1.165) is 5.75 Å². The number of carbonyl (C=O) groups is 1. The SMILES string of the molecule is C=C(C)C(=O)OCCCOc1ccc(C(C)(C)C)cc1. The number of carbonyl (C=O) groups excluding carboxylic acids is 1. The summed E-state index contributed by atoms with van der Waals surface area (Å²) in [5, 5.41) is 0. The predicted octanol–water partition coefficient (Wildman–Crippen LogP) is 3.87. The van der Waals surface area contributed by atoms with Crippen molar-refractivity contribution in [2.75, 3.05) is 13.2 Å². The molecule has 0 aliphatic rings. The van der Waals surface area contributed by atoms with Crippen LogP contribution in [0.3, 0.4) is 0 Å². The van der Waals surface area contributed by atoms with Crippen LogP contribution in [-0.4, -0.2) is 19.2 Å². The van der Waals surface area contributed by atoms with Crippen molar-refractivity contribution in [2.45, 2.75) is 39.5 Å². The number of hydrogen-bond donors (Lipinski definition) is 0. The van der Waals surface area contributed by atoms with Gasteiger partial charge in [0.05, 0.1) is 13.2 Å². The maximum atomic E-state index is 11.1. The molecule has 3 heteroatoms. The maximum absolute atomic E-state index is 11.1. The van der Waals surface area contributed by atoms with Crippen LogP contribution < -0.4 is 4.74 Å². The number of ether oxygens (including phenoxy) is 2. The fourth-order valence-electron chi connectivity index (χ4n) is 1.59. The molecule has 0 fully saturated rings. The van der Waals surface area contributed by atoms with Crippen molar-refractivity contribution < 1.29 is 14.3 Å². The Hall–Kier alpha value is -1.77. The lowest BCUT2D eigenvalue weighted by Crippen LogP contribution is -2.11. The van der Waals surface area contributed by atoms with Gasteiger partial charge in [-0.25, -0.2) is 4.79 Å². The average Bonchev–Trinajstić information content (AvgIpc) is 2.37. The molecule has 1 aromatic carbocycles. The Kier molecular flexibility index (Phi) is 5.81. The molecule has 0 saturated carbocycles. The first-order valence-electron chi connectivity index (χ1n) is 6.86. The van der Waals surface area contributed by atoms with Gasteiger partial charge in [-0.2, -0.15) is 0 Å². The molecule has 0 saturated heterocycles. The first-order valence-corrected chi connectivity index (χ1v) is 6.86. The van der Waals surface area contributed by atoms with Crippen molar-refractivity contribution in [1.29, 1.82) is 0 Å². The number of esters is 1. The fourth-order valence-corrected chi connectivity index (χ4v) is 1.59. The molecular formula is C17H24O3. The number of hydrogen-bond acceptors (Lipinski definition) is 3. The molecule has 0 N–H and O–H groups in total. The molecule has 0 aliphatic carbocycles. The highest BCUT2D eigenvalue weighted by Crippen LogP contribution is 2.24. The summed E-state index contributed by atoms with van der Waals surface area (Å²) in [5.41, 5.74) is 1.85. The van der Waals surface area contributed by atoms with Crippen LogP contribution in [0.4, 0.5) is 0 Å². The minimum Gasteiger partial charge on any atom is -0.493 e. The molecule has 1 rings (SSSR count). The summed E-state index contributed by atoms with van der Waals surface area (Å²) in [7, 11) is 0. The molecule has 0 bridgehead atoms. The zero-order valence-electron chi connectivity index (χ0n) is 12.9. The normalized spacial score (nSPS) is 11.0. The molecule has 0 spiro atoms. The van der Waals surface area contributed by atoms with Gasteiger partial charge in [-0.3, -0.25) is 0 Å². The standard InChI is InChI=1S/C17H24O3/c1-13(2)16(18)20-12-6-11-19-15-9-7-14(8-10-15)17(3,4)5/h7-10H,1,6,11-12H2,2-5H3. The van der Waals surface area contributed by atoms with Gasteiger partial charge in [-0.15, -0.1) is 0 Å². The van der Waals surface area contributed by atoms with E-state index in [1.54, 1.807) is 6.92 Å². The second kappa shape index (κ2) is 7.13. The molecule has 1 aromatic rings. The lowest BCUT2D eigenvalue weighted by atomic mass is 9.87. The van der Waals surface area contributed by atoms with Gasteiger partial charge in [0.2, 0.25) is 0 Å². The molecule has 3 nitrogen and oxygen atoms in total. The minimum absolute atomic E-state index is 0.148. The monoisotopic (exact) mass is 276 g/mol. The Labute approximate surface area is 121 Å². The molecule has 110 valence electrons. The van der Waals surface area contributed by atoms with Crippen molar-refractivity contribution >= 4 is 5.97 Å². The van der Waals surface area contributed by atoms with Gasteiger partial charge in [0.15, 0.2) is 0 Å². The number of benzene rings is 1. The molecule has 0 unspecified atom stereocenters. The third-order valence-corrected chi connectivity index (χ3v) is 2.86. The second-order valence-electron chi connectivity index (χ2n) is 5.89. The molecular weight excluding hydrogens is 252 g/mol. The summed E-state index contributed by atoms with van der Waals surface area (Å²) in [5.74, 6) is 0.490. The van der Waals surface area contributed by atoms with Crippen LogP contribution in [0.25, 0.3) is 0 Å². The number of rotatable bonds is 6. The van der Waals surface area contributed by atoms with E-state index in [-0.39, 0.29) is 11.4 Å². The molecule has 0 atom stereocenters. The summed E-state index contributed by atoms with van der Waals surface area (Å²) >= 11 is 0. The van der Waals surface area contributed by atoms with Gasteiger partial charge >= 0.3 is 5.97 Å². The maximum Gasteiger partial charge on any atom is 0.333 e. The zero-order chi connectivity index (χ0) is 15.2. The Morgan fingerprint density at radius 2 is 1.75 bits per heavy atom. The van der Waals surface area contributed by atoms with Crippen molar-refractivity contribution in [3.63, 3.8) is 0 Å². The average molecular weight is 276 g/mol. The summed E-state index contributed by atoms with van der Waals surface area (Å²) in [6, 6.07) is 8.10. The third-order valence-electron chi connectivity index (χ3n) is 2.86. The smallest absolute Gasteiger partial charge is 0.333 e. The van der Waals surface area contributed by atoms with E-state index >= 15 is 0 Å². The summed E-state index contributed by atoms with van der Waals surface area (Å²) < 4.78 is 10.6. The molecule has 0 heterocycles. The highest BCUT2D eigenvalue weighted by atomic mass is 16.5. The van der Waals surface area contributed by atoms with Gasteiger partial charge < -0.3 is 9.47 Å². The van der Waals surface area contributed by atoms with Gasteiger partial charge in [0.25, 0.3) is 0 Å². The lowest BCUT2D eigenvalue weighted by molar-refractivity contribution is -0.139. The van der Waals surface area contributed by atoms with E-state index in [1.807, 2.05) is 12.1 Å². The van der Waals surface area contributed by atoms with Crippen molar-refractivity contribution in [1.82, 2.24) is 0 Å². The minimum atomic E-state index is -0.348. The van der Waals surface area contributed by atoms with Crippen molar-refractivity contribution in [3.05, 3.63) is 42.0 Å². The van der Waals surface area contributed by atoms with Crippen LogP contribution in [0.15, 0.2) is 36.4 Å². The van der Waals surface area contributed by atoms with Crippen LogP contribution in [0.1, 0.15) is 39.7 Å². The molecule has 0 radical (unpaired) electrons. The van der Waals surface area contributed by atoms with Gasteiger partial charge in [0, 0.05) is 12.0 Å². The summed E-state index contributed by atoms with van der Waals surface area (Å²) in [6.45, 7) is 12.6. The Morgan fingerprint density at radius 3 is 2.25 bits per heavy atom. The van der Waals surface area contributed by atoms with Crippen LogP contribution in [-0.2, 0) is 14.9 Å². The summed E-state index contributed by atoms with van der Waals surface area (Å²) in [6.07, 6.45) is 0.667. The first kappa shape index (κ1) is 16.3. The van der Waals surface area contributed by atoms with Crippen LogP contribution in [0.2, 0.25) is 0 Å². The Morgan fingerprint density at radius 1 is 1.15 bits per heavy atom. The van der Waals surface area contributed by atoms with Crippen LogP contribution >= 0.6 is 0 Å². The second-order valence-corrected chi connectivity index (χ2v) is 5.89. The molecule has 0 amide bonds. The van der Waals surface area contributed by atoms with Crippen LogP contribution in [0.5, 0.6) is 5.75 Å². The van der Waals surface area contributed by atoms with Crippen LogP contribution in [0, 0.1) is 0 Å². The Bertz CT molecular complexity index is 452. The van der Waals surface area contributed by atoms with E-state index in [9.17, 15) is 4.79 Å². The lowest BCUT2D eigenvalue weighted by Gasteiger charge is -2.19. The van der Waals surface area contributed by atoms with Gasteiger partial charge in [-0.05, 0) is 30.0 Å². The summed E-state index contributed by atoms with van der Waals surface area (Å²) in [4.78, 5) is 11.1. The molecule has 0 aromatic heterocycles. The topological polar surface area (TPSA) is 35.5 Å². The van der Waals surface area contributed by atoms with E-state index in [0.29, 0.717) is 25.2 Å². The van der Waals surface area contributed by atoms with Gasteiger partial charge in [0.1, 0.15) is 5.75 Å². The predicted molar refractivity (Wildman–Crippen MR) is 81.0 cm³/mol. The Balaban J connectivity index is 2.29. The van der Waals surface area contributed by atoms with E-state index in [4.69, 9.17) is 9.47 Å². The van der Waals surface area contributed by atoms with E-state index in [1.165, 1.54) is 5.56 Å². The van der Waals surface area contributed by atoms with E-state index in [2.05, 4.69) is 39.5 Å². The fraction of sp³-hybridized carbons (Fsp3) is 0.471. The quantitative estimate of drug-likeness (QED) is 0.449. The first-order chi connectivity index (χ1) is 9.30. The van der Waals surface area contributed by atoms with E-state index < -0.39 is 0 Å². The molecule has 20 heavy (non-hydrogen) atoms. The highest BCUT2D eigenvalue weighted by Gasteiger charge is 2.12. The van der Waals surface area contributed by atoms with Gasteiger partial charge in [-0.1, -0.05) is 39.5 Å². The van der Waals surface area contributed by atoms with Crippen molar-refractivity contribution in [2.24, 2.45) is 0 Å². The third kappa shape index (κ3) is 5.47. The largest absolute Gasteiger partial charge is 0.493 e. The van der Waals surface area contributed by atoms with Crippen molar-refractivity contribution in [3.8, 4) is 5.75 Å². The molecule has 0 aliphatic heterocycles. The zero-order valence-corrected chi connectivity index (χ0v) is 12.9. The highest BCUT2D eigenvalue weighted by molar-refractivity contribution is 5.86.